The number of hydrogen-bond donors (Lipinski definition) is 1. The van der Waals surface area contributed by atoms with Crippen molar-refractivity contribution in [3.05, 3.63) is 47.5 Å². The summed E-state index contributed by atoms with van der Waals surface area (Å²) in [6.07, 6.45) is 0. The number of benzene rings is 2. The summed E-state index contributed by atoms with van der Waals surface area (Å²) in [7, 11) is 4.57. The molecule has 5 heteroatoms. The SMILES string of the molecule is COc1cc(C(=O)Nc2ccccc2C(C)C)cc(OC)c1OC. The van der Waals surface area contributed by atoms with Crippen LogP contribution in [0, 0.1) is 0 Å². The average Bonchev–Trinajstić information content (AvgIpc) is 2.60. The Morgan fingerprint density at radius 2 is 1.54 bits per heavy atom. The molecule has 0 aliphatic rings. The van der Waals surface area contributed by atoms with Crippen LogP contribution in [0.25, 0.3) is 0 Å². The van der Waals surface area contributed by atoms with Crippen molar-refractivity contribution in [3.8, 4) is 17.2 Å². The maximum atomic E-state index is 12.7. The molecule has 1 amide bonds. The van der Waals surface area contributed by atoms with Crippen LogP contribution in [-0.4, -0.2) is 27.2 Å². The minimum absolute atomic E-state index is 0.234. The van der Waals surface area contributed by atoms with E-state index in [1.807, 2.05) is 24.3 Å². The highest BCUT2D eigenvalue weighted by molar-refractivity contribution is 6.05. The van der Waals surface area contributed by atoms with Gasteiger partial charge in [-0.05, 0) is 29.7 Å². The molecule has 0 saturated heterocycles. The molecule has 0 radical (unpaired) electrons. The zero-order valence-electron chi connectivity index (χ0n) is 14.7. The second-order valence-electron chi connectivity index (χ2n) is 5.61. The van der Waals surface area contributed by atoms with Crippen molar-refractivity contribution in [1.82, 2.24) is 0 Å². The summed E-state index contributed by atoms with van der Waals surface area (Å²) in [4.78, 5) is 12.7. The van der Waals surface area contributed by atoms with Gasteiger partial charge in [0.05, 0.1) is 21.3 Å². The molecule has 0 spiro atoms. The van der Waals surface area contributed by atoms with Crippen molar-refractivity contribution in [2.75, 3.05) is 26.6 Å². The number of amides is 1. The molecule has 2 aromatic rings. The van der Waals surface area contributed by atoms with E-state index >= 15 is 0 Å². The Balaban J connectivity index is 2.37. The first kappa shape index (κ1) is 17.7. The third-order valence-electron chi connectivity index (χ3n) is 3.76. The molecule has 0 aromatic heterocycles. The van der Waals surface area contributed by atoms with E-state index in [1.165, 1.54) is 21.3 Å². The van der Waals surface area contributed by atoms with Gasteiger partial charge in [-0.2, -0.15) is 0 Å². The topological polar surface area (TPSA) is 56.8 Å². The highest BCUT2D eigenvalue weighted by Gasteiger charge is 2.18. The van der Waals surface area contributed by atoms with Crippen molar-refractivity contribution in [1.29, 1.82) is 0 Å². The van der Waals surface area contributed by atoms with E-state index in [1.54, 1.807) is 12.1 Å². The largest absolute Gasteiger partial charge is 0.493 e. The van der Waals surface area contributed by atoms with E-state index in [9.17, 15) is 4.79 Å². The van der Waals surface area contributed by atoms with Crippen molar-refractivity contribution in [3.63, 3.8) is 0 Å². The summed E-state index contributed by atoms with van der Waals surface area (Å²) in [5.41, 5.74) is 2.31. The first-order chi connectivity index (χ1) is 11.5. The number of rotatable bonds is 6. The van der Waals surface area contributed by atoms with Crippen LogP contribution in [0.3, 0.4) is 0 Å². The minimum atomic E-state index is -0.234. The van der Waals surface area contributed by atoms with E-state index in [0.29, 0.717) is 28.7 Å². The summed E-state index contributed by atoms with van der Waals surface area (Å²) in [6, 6.07) is 11.0. The molecule has 0 unspecified atom stereocenters. The second-order valence-corrected chi connectivity index (χ2v) is 5.61. The van der Waals surface area contributed by atoms with E-state index in [-0.39, 0.29) is 5.91 Å². The summed E-state index contributed by atoms with van der Waals surface area (Å²) in [5, 5.41) is 2.96. The van der Waals surface area contributed by atoms with Crippen molar-refractivity contribution >= 4 is 11.6 Å². The molecule has 2 aromatic carbocycles. The average molecular weight is 329 g/mol. The van der Waals surface area contributed by atoms with E-state index in [0.717, 1.165) is 11.3 Å². The van der Waals surface area contributed by atoms with Gasteiger partial charge in [-0.25, -0.2) is 0 Å². The zero-order chi connectivity index (χ0) is 17.7. The molecule has 0 heterocycles. The molecule has 2 rings (SSSR count). The van der Waals surface area contributed by atoms with Gasteiger partial charge >= 0.3 is 0 Å². The minimum Gasteiger partial charge on any atom is -0.493 e. The molecular weight excluding hydrogens is 306 g/mol. The first-order valence-electron chi connectivity index (χ1n) is 7.72. The Hall–Kier alpha value is -2.69. The van der Waals surface area contributed by atoms with Crippen LogP contribution in [0.4, 0.5) is 5.69 Å². The first-order valence-corrected chi connectivity index (χ1v) is 7.72. The fourth-order valence-electron chi connectivity index (χ4n) is 2.52. The molecule has 1 N–H and O–H groups in total. The molecule has 0 fully saturated rings. The van der Waals surface area contributed by atoms with Gasteiger partial charge in [-0.3, -0.25) is 4.79 Å². The van der Waals surface area contributed by atoms with E-state index < -0.39 is 0 Å². The lowest BCUT2D eigenvalue weighted by Crippen LogP contribution is -2.14. The monoisotopic (exact) mass is 329 g/mol. The smallest absolute Gasteiger partial charge is 0.255 e. The molecule has 0 atom stereocenters. The molecule has 0 aliphatic heterocycles. The molecule has 128 valence electrons. The van der Waals surface area contributed by atoms with Crippen LogP contribution in [0.15, 0.2) is 36.4 Å². The van der Waals surface area contributed by atoms with Crippen molar-refractivity contribution in [2.45, 2.75) is 19.8 Å². The maximum Gasteiger partial charge on any atom is 0.255 e. The molecule has 5 nitrogen and oxygen atoms in total. The molecular formula is C19H23NO4. The van der Waals surface area contributed by atoms with Crippen molar-refractivity contribution < 1.29 is 19.0 Å². The van der Waals surface area contributed by atoms with Gasteiger partial charge < -0.3 is 19.5 Å². The Labute approximate surface area is 142 Å². The number of hydrogen-bond acceptors (Lipinski definition) is 4. The summed E-state index contributed by atoms with van der Waals surface area (Å²) in [5.74, 6) is 1.42. The van der Waals surface area contributed by atoms with Crippen LogP contribution < -0.4 is 19.5 Å². The van der Waals surface area contributed by atoms with Crippen molar-refractivity contribution in [2.24, 2.45) is 0 Å². The van der Waals surface area contributed by atoms with Crippen LogP contribution in [0.2, 0.25) is 0 Å². The van der Waals surface area contributed by atoms with Crippen LogP contribution in [0.5, 0.6) is 17.2 Å². The molecule has 0 saturated carbocycles. The third-order valence-corrected chi connectivity index (χ3v) is 3.76. The second kappa shape index (κ2) is 7.73. The van der Waals surface area contributed by atoms with Crippen LogP contribution >= 0.6 is 0 Å². The number of carbonyl (C=O) groups is 1. The lowest BCUT2D eigenvalue weighted by Gasteiger charge is -2.16. The number of para-hydroxylation sites is 1. The molecule has 0 bridgehead atoms. The van der Waals surface area contributed by atoms with Gasteiger partial charge in [0.25, 0.3) is 5.91 Å². The normalized spacial score (nSPS) is 10.4. The van der Waals surface area contributed by atoms with E-state index in [2.05, 4.69) is 19.2 Å². The van der Waals surface area contributed by atoms with Gasteiger partial charge in [0, 0.05) is 11.3 Å². The predicted molar refractivity (Wildman–Crippen MR) is 94.6 cm³/mol. The van der Waals surface area contributed by atoms with E-state index in [4.69, 9.17) is 14.2 Å². The fraction of sp³-hybridized carbons (Fsp3) is 0.316. The van der Waals surface area contributed by atoms with Gasteiger partial charge in [0.15, 0.2) is 11.5 Å². The van der Waals surface area contributed by atoms with Gasteiger partial charge in [0.2, 0.25) is 5.75 Å². The standard InChI is InChI=1S/C19H23NO4/c1-12(2)14-8-6-7-9-15(14)20-19(21)13-10-16(22-3)18(24-5)17(11-13)23-4/h6-12H,1-5H3,(H,20,21). The zero-order valence-corrected chi connectivity index (χ0v) is 14.7. The molecule has 24 heavy (non-hydrogen) atoms. The Kier molecular flexibility index (Phi) is 5.68. The van der Waals surface area contributed by atoms with Crippen LogP contribution in [-0.2, 0) is 0 Å². The fourth-order valence-corrected chi connectivity index (χ4v) is 2.52. The number of nitrogens with one attached hydrogen (secondary N) is 1. The Bertz CT molecular complexity index is 700. The summed E-state index contributed by atoms with van der Waals surface area (Å²) in [6.45, 7) is 4.18. The summed E-state index contributed by atoms with van der Waals surface area (Å²) < 4.78 is 15.9. The highest BCUT2D eigenvalue weighted by atomic mass is 16.5. The number of carbonyl (C=O) groups excluding carboxylic acids is 1. The number of ether oxygens (including phenoxy) is 3. The lowest BCUT2D eigenvalue weighted by molar-refractivity contribution is 0.102. The summed E-state index contributed by atoms with van der Waals surface area (Å²) >= 11 is 0. The lowest BCUT2D eigenvalue weighted by atomic mass is 10.0. The van der Waals surface area contributed by atoms with Gasteiger partial charge in [0.1, 0.15) is 0 Å². The number of methoxy groups -OCH3 is 3. The quantitative estimate of drug-likeness (QED) is 0.867. The molecule has 0 aliphatic carbocycles. The number of anilines is 1. The van der Waals surface area contributed by atoms with Gasteiger partial charge in [-0.1, -0.05) is 32.0 Å². The third kappa shape index (κ3) is 3.62. The maximum absolute atomic E-state index is 12.7. The van der Waals surface area contributed by atoms with Crippen LogP contribution in [0.1, 0.15) is 35.7 Å². The Morgan fingerprint density at radius 3 is 2.04 bits per heavy atom. The highest BCUT2D eigenvalue weighted by Crippen LogP contribution is 2.38. The predicted octanol–water partition coefficient (Wildman–Crippen LogP) is 4.09. The Morgan fingerprint density at radius 1 is 0.958 bits per heavy atom. The van der Waals surface area contributed by atoms with Gasteiger partial charge in [-0.15, -0.1) is 0 Å².